The zero-order chi connectivity index (χ0) is 21.8. The molecular weight excluding hydrogens is 404 g/mol. The summed E-state index contributed by atoms with van der Waals surface area (Å²) in [6.07, 6.45) is 7.11. The van der Waals surface area contributed by atoms with Crippen LogP contribution in [0.5, 0.6) is 0 Å². The summed E-state index contributed by atoms with van der Waals surface area (Å²) < 4.78 is 7.19. The van der Waals surface area contributed by atoms with Gasteiger partial charge in [-0.1, -0.05) is 12.1 Å². The average Bonchev–Trinajstić information content (AvgIpc) is 3.57. The predicted octanol–water partition coefficient (Wildman–Crippen LogP) is 2.50. The molecule has 8 nitrogen and oxygen atoms in total. The summed E-state index contributed by atoms with van der Waals surface area (Å²) in [6.45, 7) is 6.65. The number of aromatic nitrogens is 3. The second-order valence-corrected chi connectivity index (χ2v) is 8.59. The SMILES string of the molecule is O=C(NCCc1nnc2n1CCN(Cc1ccc(N3CCCC3)cc1)CC2)c1ccoc1. The molecule has 32 heavy (non-hydrogen) atoms. The van der Waals surface area contributed by atoms with Crippen molar-refractivity contribution in [2.24, 2.45) is 0 Å². The number of hydrogen-bond donors (Lipinski definition) is 1. The van der Waals surface area contributed by atoms with Crippen LogP contribution in [0.4, 0.5) is 5.69 Å². The van der Waals surface area contributed by atoms with Crippen LogP contribution >= 0.6 is 0 Å². The number of nitrogens with zero attached hydrogens (tertiary/aromatic N) is 5. The number of furan rings is 1. The van der Waals surface area contributed by atoms with Crippen LogP contribution in [-0.2, 0) is 25.9 Å². The Bertz CT molecular complexity index is 1020. The summed E-state index contributed by atoms with van der Waals surface area (Å²) in [7, 11) is 0. The van der Waals surface area contributed by atoms with Gasteiger partial charge in [-0.05, 0) is 36.6 Å². The maximum Gasteiger partial charge on any atom is 0.254 e. The standard InChI is InChI=1S/C24H30N6O2/c31-24(20-9-16-32-18-20)25-10-7-22-26-27-23-8-13-28(14-15-30(22)23)17-19-3-5-21(6-4-19)29-11-1-2-12-29/h3-6,9,16,18H,1-2,7-8,10-15,17H2,(H,25,31). The number of nitrogens with one attached hydrogen (secondary N) is 1. The van der Waals surface area contributed by atoms with E-state index in [1.165, 1.54) is 49.7 Å². The van der Waals surface area contributed by atoms with E-state index >= 15 is 0 Å². The molecule has 8 heteroatoms. The largest absolute Gasteiger partial charge is 0.472 e. The molecule has 1 fully saturated rings. The third kappa shape index (κ3) is 4.70. The monoisotopic (exact) mass is 434 g/mol. The quantitative estimate of drug-likeness (QED) is 0.616. The highest BCUT2D eigenvalue weighted by molar-refractivity contribution is 5.93. The van der Waals surface area contributed by atoms with Crippen LogP contribution in [0.15, 0.2) is 47.3 Å². The number of amides is 1. The number of benzene rings is 1. The topological polar surface area (TPSA) is 79.4 Å². The van der Waals surface area contributed by atoms with Crippen molar-refractivity contribution in [2.45, 2.75) is 38.8 Å². The Hall–Kier alpha value is -3.13. The highest BCUT2D eigenvalue weighted by Crippen LogP contribution is 2.21. The van der Waals surface area contributed by atoms with Gasteiger partial charge in [0, 0.05) is 64.3 Å². The van der Waals surface area contributed by atoms with Gasteiger partial charge in [0.1, 0.15) is 17.9 Å². The molecule has 1 N–H and O–H groups in total. The van der Waals surface area contributed by atoms with Gasteiger partial charge in [0.15, 0.2) is 0 Å². The van der Waals surface area contributed by atoms with Crippen LogP contribution in [0.3, 0.4) is 0 Å². The van der Waals surface area contributed by atoms with Gasteiger partial charge >= 0.3 is 0 Å². The van der Waals surface area contributed by atoms with Crippen LogP contribution in [-0.4, -0.2) is 58.3 Å². The van der Waals surface area contributed by atoms with E-state index in [2.05, 4.69) is 54.1 Å². The molecule has 0 atom stereocenters. The van der Waals surface area contributed by atoms with E-state index in [-0.39, 0.29) is 5.91 Å². The minimum atomic E-state index is -0.128. The lowest BCUT2D eigenvalue weighted by Gasteiger charge is -2.21. The van der Waals surface area contributed by atoms with Gasteiger partial charge in [-0.2, -0.15) is 0 Å². The second-order valence-electron chi connectivity index (χ2n) is 8.59. The van der Waals surface area contributed by atoms with Gasteiger partial charge in [-0.3, -0.25) is 9.69 Å². The van der Waals surface area contributed by atoms with Crippen LogP contribution in [0.25, 0.3) is 0 Å². The Labute approximate surface area is 188 Å². The van der Waals surface area contributed by atoms with Crippen molar-refractivity contribution >= 4 is 11.6 Å². The number of anilines is 1. The molecule has 1 aromatic carbocycles. The second kappa shape index (κ2) is 9.56. The third-order valence-electron chi connectivity index (χ3n) is 6.43. The van der Waals surface area contributed by atoms with E-state index < -0.39 is 0 Å². The van der Waals surface area contributed by atoms with Gasteiger partial charge in [0.25, 0.3) is 5.91 Å². The van der Waals surface area contributed by atoms with E-state index in [1.54, 1.807) is 6.07 Å². The fourth-order valence-electron chi connectivity index (χ4n) is 4.60. The number of hydrogen-bond acceptors (Lipinski definition) is 6. The lowest BCUT2D eigenvalue weighted by Crippen LogP contribution is -2.28. The smallest absolute Gasteiger partial charge is 0.254 e. The van der Waals surface area contributed by atoms with Gasteiger partial charge in [-0.25, -0.2) is 0 Å². The van der Waals surface area contributed by atoms with Crippen LogP contribution in [0, 0.1) is 0 Å². The highest BCUT2D eigenvalue weighted by atomic mass is 16.3. The minimum absolute atomic E-state index is 0.128. The maximum absolute atomic E-state index is 12.1. The van der Waals surface area contributed by atoms with Crippen molar-refractivity contribution in [3.8, 4) is 0 Å². The minimum Gasteiger partial charge on any atom is -0.472 e. The third-order valence-corrected chi connectivity index (χ3v) is 6.43. The number of fused-ring (bicyclic) bond motifs is 1. The fraction of sp³-hybridized carbons (Fsp3) is 0.458. The summed E-state index contributed by atoms with van der Waals surface area (Å²) in [6, 6.07) is 10.7. The molecular formula is C24H30N6O2. The lowest BCUT2D eigenvalue weighted by atomic mass is 10.2. The lowest BCUT2D eigenvalue weighted by molar-refractivity contribution is 0.0953. The van der Waals surface area contributed by atoms with Gasteiger partial charge in [-0.15, -0.1) is 10.2 Å². The first-order valence-electron chi connectivity index (χ1n) is 11.5. The molecule has 2 aliphatic rings. The molecule has 0 bridgehead atoms. The molecule has 168 valence electrons. The number of carbonyl (C=O) groups excluding carboxylic acids is 1. The summed E-state index contributed by atoms with van der Waals surface area (Å²) >= 11 is 0. The molecule has 3 aromatic rings. The van der Waals surface area contributed by atoms with Crippen LogP contribution in [0.2, 0.25) is 0 Å². The van der Waals surface area contributed by atoms with Gasteiger partial charge in [0.2, 0.25) is 0 Å². The molecule has 1 saturated heterocycles. The predicted molar refractivity (Wildman–Crippen MR) is 122 cm³/mol. The van der Waals surface area contributed by atoms with E-state index in [0.29, 0.717) is 18.5 Å². The maximum atomic E-state index is 12.1. The number of carbonyl (C=O) groups is 1. The van der Waals surface area contributed by atoms with Crippen molar-refractivity contribution in [3.05, 3.63) is 65.6 Å². The summed E-state index contributed by atoms with van der Waals surface area (Å²) in [5.41, 5.74) is 3.24. The Kier molecular flexibility index (Phi) is 6.20. The van der Waals surface area contributed by atoms with E-state index in [9.17, 15) is 4.79 Å². The molecule has 0 spiro atoms. The van der Waals surface area contributed by atoms with Gasteiger partial charge < -0.3 is 19.2 Å². The van der Waals surface area contributed by atoms with Crippen molar-refractivity contribution in [3.63, 3.8) is 0 Å². The fourth-order valence-corrected chi connectivity index (χ4v) is 4.60. The first-order chi connectivity index (χ1) is 15.8. The van der Waals surface area contributed by atoms with E-state index in [4.69, 9.17) is 4.42 Å². The van der Waals surface area contributed by atoms with E-state index in [0.717, 1.165) is 44.2 Å². The molecule has 2 aromatic heterocycles. The molecule has 1 amide bonds. The molecule has 0 aliphatic carbocycles. The first-order valence-corrected chi connectivity index (χ1v) is 11.5. The first kappa shape index (κ1) is 20.8. The average molecular weight is 435 g/mol. The molecule has 2 aliphatic heterocycles. The molecule has 0 saturated carbocycles. The molecule has 0 radical (unpaired) electrons. The summed E-state index contributed by atoms with van der Waals surface area (Å²) in [4.78, 5) is 17.0. The zero-order valence-electron chi connectivity index (χ0n) is 18.4. The Morgan fingerprint density at radius 2 is 1.84 bits per heavy atom. The van der Waals surface area contributed by atoms with Crippen LogP contribution in [0.1, 0.15) is 40.4 Å². The Morgan fingerprint density at radius 1 is 1.00 bits per heavy atom. The molecule has 5 rings (SSSR count). The highest BCUT2D eigenvalue weighted by Gasteiger charge is 2.19. The van der Waals surface area contributed by atoms with Crippen molar-refractivity contribution in [2.75, 3.05) is 37.6 Å². The molecule has 4 heterocycles. The molecule has 0 unspecified atom stereocenters. The summed E-state index contributed by atoms with van der Waals surface area (Å²) in [5.74, 6) is 1.84. The normalized spacial score (nSPS) is 16.7. The van der Waals surface area contributed by atoms with Crippen molar-refractivity contribution in [1.29, 1.82) is 0 Å². The zero-order valence-corrected chi connectivity index (χ0v) is 18.4. The van der Waals surface area contributed by atoms with E-state index in [1.807, 2.05) is 0 Å². The van der Waals surface area contributed by atoms with Gasteiger partial charge in [0.05, 0.1) is 11.8 Å². The van der Waals surface area contributed by atoms with Crippen LogP contribution < -0.4 is 10.2 Å². The summed E-state index contributed by atoms with van der Waals surface area (Å²) in [5, 5.41) is 11.7. The van der Waals surface area contributed by atoms with Crippen molar-refractivity contribution < 1.29 is 9.21 Å². The Balaban J connectivity index is 1.13. The Morgan fingerprint density at radius 3 is 2.62 bits per heavy atom. The number of rotatable bonds is 7. The van der Waals surface area contributed by atoms with Crippen molar-refractivity contribution in [1.82, 2.24) is 25.0 Å².